The van der Waals surface area contributed by atoms with Crippen molar-refractivity contribution in [3.05, 3.63) is 23.8 Å². The smallest absolute Gasteiger partial charge is 0.235 e. The lowest BCUT2D eigenvalue weighted by molar-refractivity contribution is -0.120. The monoisotopic (exact) mass is 318 g/mol. The number of nitrogen functional groups attached to an aromatic ring is 1. The molecule has 0 saturated carbocycles. The van der Waals surface area contributed by atoms with Crippen molar-refractivity contribution in [1.29, 1.82) is 0 Å². The molecule has 0 bridgehead atoms. The van der Waals surface area contributed by atoms with Crippen LogP contribution in [0.3, 0.4) is 0 Å². The molecule has 7 heteroatoms. The van der Waals surface area contributed by atoms with Gasteiger partial charge in [0.2, 0.25) is 5.91 Å². The van der Waals surface area contributed by atoms with Crippen LogP contribution in [0.1, 0.15) is 27.2 Å². The van der Waals surface area contributed by atoms with Crippen LogP contribution in [0, 0.1) is 17.6 Å². The molecule has 21 heavy (non-hydrogen) atoms. The van der Waals surface area contributed by atoms with Gasteiger partial charge in [-0.25, -0.2) is 8.78 Å². The molecule has 118 valence electrons. The Morgan fingerprint density at radius 2 is 1.81 bits per heavy atom. The van der Waals surface area contributed by atoms with E-state index < -0.39 is 38.5 Å². The fourth-order valence-corrected chi connectivity index (χ4v) is 2.81. The molecule has 2 unspecified atom stereocenters. The number of carbonyl (C=O) groups is 1. The number of rotatable bonds is 6. The van der Waals surface area contributed by atoms with Crippen molar-refractivity contribution < 1.29 is 17.8 Å². The van der Waals surface area contributed by atoms with E-state index in [0.717, 1.165) is 18.6 Å². The predicted octanol–water partition coefficient (Wildman–Crippen LogP) is 2.21. The van der Waals surface area contributed by atoms with Crippen molar-refractivity contribution in [2.75, 3.05) is 12.3 Å². The lowest BCUT2D eigenvalue weighted by atomic mass is 10.1. The average molecular weight is 318 g/mol. The summed E-state index contributed by atoms with van der Waals surface area (Å²) in [5, 5.41) is 1.56. The van der Waals surface area contributed by atoms with Crippen LogP contribution in [0.5, 0.6) is 0 Å². The summed E-state index contributed by atoms with van der Waals surface area (Å²) in [7, 11) is -2.12. The third kappa shape index (κ3) is 4.77. The first-order chi connectivity index (χ1) is 9.73. The van der Waals surface area contributed by atoms with E-state index in [-0.39, 0.29) is 5.69 Å². The van der Waals surface area contributed by atoms with E-state index in [1.807, 2.05) is 13.8 Å². The summed E-state index contributed by atoms with van der Waals surface area (Å²) in [5.41, 5.74) is 5.20. The third-order valence-electron chi connectivity index (χ3n) is 2.93. The molecule has 0 fully saturated rings. The van der Waals surface area contributed by atoms with Crippen LogP contribution < -0.4 is 11.1 Å². The molecular weight excluding hydrogens is 298 g/mol. The molecule has 2 atom stereocenters. The molecule has 0 aliphatic carbocycles. The first-order valence-corrected chi connectivity index (χ1v) is 7.88. The number of benzene rings is 1. The Labute approximate surface area is 125 Å². The molecule has 0 aliphatic heterocycles. The number of carbonyl (C=O) groups excluding carboxylic acids is 1. The van der Waals surface area contributed by atoms with Gasteiger partial charge in [-0.1, -0.05) is 13.8 Å². The number of anilines is 1. The van der Waals surface area contributed by atoms with Gasteiger partial charge in [-0.2, -0.15) is 0 Å². The lowest BCUT2D eigenvalue weighted by Crippen LogP contribution is -2.36. The van der Waals surface area contributed by atoms with Crippen LogP contribution in [0.15, 0.2) is 17.0 Å². The minimum absolute atomic E-state index is 0.0974. The highest BCUT2D eigenvalue weighted by Gasteiger charge is 2.26. The Balaban J connectivity index is 2.81. The molecule has 0 aromatic heterocycles. The number of nitrogens with one attached hydrogen (secondary N) is 1. The second kappa shape index (κ2) is 7.49. The van der Waals surface area contributed by atoms with Crippen molar-refractivity contribution in [2.24, 2.45) is 5.92 Å². The van der Waals surface area contributed by atoms with Crippen molar-refractivity contribution in [3.63, 3.8) is 0 Å². The van der Waals surface area contributed by atoms with Gasteiger partial charge in [-0.05, 0) is 31.4 Å². The van der Waals surface area contributed by atoms with Crippen LogP contribution in [-0.2, 0) is 15.6 Å². The number of amides is 1. The molecule has 0 heterocycles. The number of halogens is 2. The zero-order valence-electron chi connectivity index (χ0n) is 12.3. The molecule has 1 amide bonds. The highest BCUT2D eigenvalue weighted by Crippen LogP contribution is 2.22. The summed E-state index contributed by atoms with van der Waals surface area (Å²) in [6.45, 7) is 5.82. The Hall–Kier alpha value is -1.50. The first-order valence-electron chi connectivity index (χ1n) is 6.66. The lowest BCUT2D eigenvalue weighted by Gasteiger charge is -2.14. The van der Waals surface area contributed by atoms with Gasteiger partial charge in [-0.3, -0.25) is 9.00 Å². The third-order valence-corrected chi connectivity index (χ3v) is 4.58. The van der Waals surface area contributed by atoms with Gasteiger partial charge in [0.15, 0.2) is 0 Å². The molecule has 1 aromatic rings. The molecule has 0 aliphatic rings. The summed E-state index contributed by atoms with van der Waals surface area (Å²) >= 11 is 0. The Morgan fingerprint density at radius 3 is 2.29 bits per heavy atom. The Bertz CT molecular complexity index is 527. The molecule has 0 spiro atoms. The Kier molecular flexibility index (Phi) is 6.26. The van der Waals surface area contributed by atoms with Crippen LogP contribution in [-0.4, -0.2) is 21.9 Å². The fourth-order valence-electron chi connectivity index (χ4n) is 1.67. The van der Waals surface area contributed by atoms with Gasteiger partial charge in [0.1, 0.15) is 21.8 Å². The molecule has 4 nitrogen and oxygen atoms in total. The van der Waals surface area contributed by atoms with Crippen LogP contribution in [0.2, 0.25) is 0 Å². The molecule has 1 aromatic carbocycles. The molecular formula is C14H20F2N2O2S. The summed E-state index contributed by atoms with van der Waals surface area (Å²) in [5.74, 6) is -2.09. The topological polar surface area (TPSA) is 72.2 Å². The van der Waals surface area contributed by atoms with Gasteiger partial charge in [0.25, 0.3) is 0 Å². The average Bonchev–Trinajstić information content (AvgIpc) is 2.35. The minimum atomic E-state index is -2.12. The summed E-state index contributed by atoms with van der Waals surface area (Å²) in [4.78, 5) is 11.2. The number of hydrogen-bond acceptors (Lipinski definition) is 3. The van der Waals surface area contributed by atoms with E-state index in [4.69, 9.17) is 5.73 Å². The largest absolute Gasteiger partial charge is 0.399 e. The molecule has 3 N–H and O–H groups in total. The Morgan fingerprint density at radius 1 is 1.29 bits per heavy atom. The highest BCUT2D eigenvalue weighted by molar-refractivity contribution is 7.86. The van der Waals surface area contributed by atoms with Crippen molar-refractivity contribution in [3.8, 4) is 0 Å². The zero-order chi connectivity index (χ0) is 16.2. The van der Waals surface area contributed by atoms with Gasteiger partial charge in [0.05, 0.1) is 10.8 Å². The maximum Gasteiger partial charge on any atom is 0.235 e. The van der Waals surface area contributed by atoms with Gasteiger partial charge in [0, 0.05) is 12.2 Å². The second-order valence-electron chi connectivity index (χ2n) is 5.23. The summed E-state index contributed by atoms with van der Waals surface area (Å²) < 4.78 is 39.6. The molecule has 0 saturated heterocycles. The fraction of sp³-hybridized carbons (Fsp3) is 0.500. The normalized spacial score (nSPS) is 14.0. The maximum atomic E-state index is 13.7. The predicted molar refractivity (Wildman–Crippen MR) is 79.1 cm³/mol. The second-order valence-corrected chi connectivity index (χ2v) is 6.94. The maximum absolute atomic E-state index is 13.7. The first kappa shape index (κ1) is 17.6. The number of hydrogen-bond donors (Lipinski definition) is 2. The van der Waals surface area contributed by atoms with Crippen molar-refractivity contribution in [1.82, 2.24) is 5.32 Å². The van der Waals surface area contributed by atoms with Gasteiger partial charge < -0.3 is 11.1 Å². The SMILES string of the molecule is CC(C)CCNC(=O)C(C)S(=O)c1c(F)cc(N)cc1F. The van der Waals surface area contributed by atoms with Crippen molar-refractivity contribution in [2.45, 2.75) is 37.3 Å². The molecule has 0 radical (unpaired) electrons. The van der Waals surface area contributed by atoms with Crippen LogP contribution in [0.25, 0.3) is 0 Å². The van der Waals surface area contributed by atoms with E-state index >= 15 is 0 Å². The van der Waals surface area contributed by atoms with E-state index in [0.29, 0.717) is 12.5 Å². The van der Waals surface area contributed by atoms with E-state index in [9.17, 15) is 17.8 Å². The van der Waals surface area contributed by atoms with E-state index in [1.54, 1.807) is 0 Å². The minimum Gasteiger partial charge on any atom is -0.399 e. The summed E-state index contributed by atoms with van der Waals surface area (Å²) in [6, 6.07) is 1.78. The van der Waals surface area contributed by atoms with Crippen LogP contribution in [0.4, 0.5) is 14.5 Å². The quantitative estimate of drug-likeness (QED) is 0.790. The summed E-state index contributed by atoms with van der Waals surface area (Å²) in [6.07, 6.45) is 0.773. The van der Waals surface area contributed by atoms with E-state index in [2.05, 4.69) is 5.32 Å². The van der Waals surface area contributed by atoms with Crippen molar-refractivity contribution >= 4 is 22.4 Å². The molecule has 1 rings (SSSR count). The highest BCUT2D eigenvalue weighted by atomic mass is 32.2. The zero-order valence-corrected chi connectivity index (χ0v) is 13.1. The van der Waals surface area contributed by atoms with Gasteiger partial charge in [-0.15, -0.1) is 0 Å². The standard InChI is InChI=1S/C14H20F2N2O2S/c1-8(2)4-5-18-14(19)9(3)21(20)13-11(15)6-10(17)7-12(13)16/h6-9H,4-5,17H2,1-3H3,(H,18,19). The van der Waals surface area contributed by atoms with Gasteiger partial charge >= 0.3 is 0 Å². The van der Waals surface area contributed by atoms with Crippen LogP contribution >= 0.6 is 0 Å². The number of nitrogens with two attached hydrogens (primary N) is 1. The van der Waals surface area contributed by atoms with E-state index in [1.165, 1.54) is 6.92 Å².